The minimum absolute atomic E-state index is 0.455. The Kier molecular flexibility index (Phi) is 4.47. The fourth-order valence-corrected chi connectivity index (χ4v) is 3.23. The van der Waals surface area contributed by atoms with E-state index in [1.807, 2.05) is 12.1 Å². The van der Waals surface area contributed by atoms with E-state index >= 15 is 0 Å². The maximum absolute atomic E-state index is 6.37. The van der Waals surface area contributed by atoms with Crippen LogP contribution in [0.3, 0.4) is 0 Å². The van der Waals surface area contributed by atoms with Gasteiger partial charge in [0.15, 0.2) is 0 Å². The predicted molar refractivity (Wildman–Crippen MR) is 90.2 cm³/mol. The predicted octanol–water partition coefficient (Wildman–Crippen LogP) is 3.75. The average Bonchev–Trinajstić information content (AvgIpc) is 2.51. The van der Waals surface area contributed by atoms with E-state index in [1.54, 1.807) is 0 Å². The smallest absolute Gasteiger partial charge is 0.0639 e. The first-order chi connectivity index (χ1) is 10.2. The molecular formula is C18H21ClN2. The van der Waals surface area contributed by atoms with Crippen LogP contribution in [0.5, 0.6) is 0 Å². The normalized spacial score (nSPS) is 22.3. The molecule has 2 nitrogen and oxygen atoms in total. The first kappa shape index (κ1) is 14.4. The number of nitrogens with zero attached hydrogens (tertiary/aromatic N) is 1. The van der Waals surface area contributed by atoms with Crippen molar-refractivity contribution in [3.63, 3.8) is 0 Å². The van der Waals surface area contributed by atoms with Gasteiger partial charge in [0.2, 0.25) is 0 Å². The van der Waals surface area contributed by atoms with E-state index in [0.29, 0.717) is 12.1 Å². The molecule has 1 N–H and O–H groups in total. The summed E-state index contributed by atoms with van der Waals surface area (Å²) < 4.78 is 0. The largest absolute Gasteiger partial charge is 0.365 e. The molecular weight excluding hydrogens is 280 g/mol. The number of rotatable bonds is 3. The Hall–Kier alpha value is -1.51. The van der Waals surface area contributed by atoms with Crippen LogP contribution in [0.1, 0.15) is 12.5 Å². The zero-order chi connectivity index (χ0) is 14.7. The first-order valence-electron chi connectivity index (χ1n) is 7.52. The fraction of sp³-hybridized carbons (Fsp3) is 0.333. The van der Waals surface area contributed by atoms with Crippen LogP contribution in [0.25, 0.3) is 0 Å². The molecule has 3 heteroatoms. The van der Waals surface area contributed by atoms with Gasteiger partial charge in [0.05, 0.1) is 10.7 Å². The third kappa shape index (κ3) is 3.39. The molecule has 1 fully saturated rings. The zero-order valence-corrected chi connectivity index (χ0v) is 13.1. The van der Waals surface area contributed by atoms with E-state index in [9.17, 15) is 0 Å². The number of hydrogen-bond donors (Lipinski definition) is 1. The van der Waals surface area contributed by atoms with Crippen LogP contribution in [-0.4, -0.2) is 25.2 Å². The van der Waals surface area contributed by atoms with Gasteiger partial charge in [0.25, 0.3) is 0 Å². The summed E-state index contributed by atoms with van der Waals surface area (Å²) in [6.45, 7) is 4.22. The molecule has 0 aromatic heterocycles. The molecule has 0 aliphatic carbocycles. The van der Waals surface area contributed by atoms with Gasteiger partial charge in [-0.15, -0.1) is 0 Å². The van der Waals surface area contributed by atoms with Crippen molar-refractivity contribution in [2.75, 3.05) is 18.0 Å². The molecule has 0 saturated carbocycles. The fourth-order valence-electron chi connectivity index (χ4n) is 2.99. The van der Waals surface area contributed by atoms with E-state index in [2.05, 4.69) is 59.6 Å². The van der Waals surface area contributed by atoms with Crippen molar-refractivity contribution >= 4 is 17.3 Å². The maximum atomic E-state index is 6.37. The summed E-state index contributed by atoms with van der Waals surface area (Å²) in [6, 6.07) is 19.7. The topological polar surface area (TPSA) is 15.3 Å². The summed E-state index contributed by atoms with van der Waals surface area (Å²) in [4.78, 5) is 2.42. The number of nitrogens with one attached hydrogen (secondary N) is 1. The molecule has 1 heterocycles. The van der Waals surface area contributed by atoms with Crippen molar-refractivity contribution in [1.29, 1.82) is 0 Å². The maximum Gasteiger partial charge on any atom is 0.0639 e. The summed E-state index contributed by atoms with van der Waals surface area (Å²) in [6.07, 6.45) is 1.05. The molecule has 0 radical (unpaired) electrons. The van der Waals surface area contributed by atoms with Crippen LogP contribution >= 0.6 is 11.6 Å². The Labute approximate surface area is 131 Å². The monoisotopic (exact) mass is 300 g/mol. The highest BCUT2D eigenvalue weighted by Crippen LogP contribution is 2.28. The van der Waals surface area contributed by atoms with Gasteiger partial charge in [-0.1, -0.05) is 54.1 Å². The highest BCUT2D eigenvalue weighted by Gasteiger charge is 2.26. The number of piperazine rings is 1. The molecule has 2 aromatic carbocycles. The lowest BCUT2D eigenvalue weighted by atomic mass is 10.0. The van der Waals surface area contributed by atoms with Gasteiger partial charge in [0, 0.05) is 25.2 Å². The molecule has 1 aliphatic rings. The van der Waals surface area contributed by atoms with Crippen LogP contribution in [0.4, 0.5) is 5.69 Å². The third-order valence-electron chi connectivity index (χ3n) is 4.14. The van der Waals surface area contributed by atoms with Crippen molar-refractivity contribution in [2.45, 2.75) is 25.4 Å². The van der Waals surface area contributed by atoms with E-state index < -0.39 is 0 Å². The summed E-state index contributed by atoms with van der Waals surface area (Å²) in [7, 11) is 0. The van der Waals surface area contributed by atoms with Gasteiger partial charge >= 0.3 is 0 Å². The van der Waals surface area contributed by atoms with Gasteiger partial charge in [-0.05, 0) is 31.0 Å². The van der Waals surface area contributed by atoms with Gasteiger partial charge in [-0.3, -0.25) is 0 Å². The molecule has 2 unspecified atom stereocenters. The number of hydrogen-bond acceptors (Lipinski definition) is 2. The number of para-hydroxylation sites is 1. The van der Waals surface area contributed by atoms with E-state index in [4.69, 9.17) is 11.6 Å². The minimum Gasteiger partial charge on any atom is -0.365 e. The van der Waals surface area contributed by atoms with Crippen molar-refractivity contribution in [3.8, 4) is 0 Å². The number of benzene rings is 2. The SMILES string of the molecule is CC1CNC(Cc2ccccc2)CN1c1ccccc1Cl. The van der Waals surface area contributed by atoms with Crippen LogP contribution in [0, 0.1) is 0 Å². The Bertz CT molecular complexity index is 585. The standard InChI is InChI=1S/C18H21ClN2/c1-14-12-20-16(11-15-7-3-2-4-8-15)13-21(14)18-10-6-5-9-17(18)19/h2-10,14,16,20H,11-13H2,1H3. The first-order valence-corrected chi connectivity index (χ1v) is 7.90. The second-order valence-electron chi connectivity index (χ2n) is 5.75. The van der Waals surface area contributed by atoms with Gasteiger partial charge < -0.3 is 10.2 Å². The summed E-state index contributed by atoms with van der Waals surface area (Å²) in [5.41, 5.74) is 2.52. The molecule has 0 bridgehead atoms. The van der Waals surface area contributed by atoms with Crippen LogP contribution in [0.2, 0.25) is 5.02 Å². The summed E-state index contributed by atoms with van der Waals surface area (Å²) in [5, 5.41) is 4.49. The number of anilines is 1. The Morgan fingerprint density at radius 2 is 1.81 bits per heavy atom. The zero-order valence-electron chi connectivity index (χ0n) is 12.3. The quantitative estimate of drug-likeness (QED) is 0.929. The molecule has 21 heavy (non-hydrogen) atoms. The molecule has 2 aromatic rings. The second kappa shape index (κ2) is 6.50. The molecule has 0 amide bonds. The van der Waals surface area contributed by atoms with E-state index in [1.165, 1.54) is 5.56 Å². The Balaban J connectivity index is 1.74. The minimum atomic E-state index is 0.455. The van der Waals surface area contributed by atoms with Gasteiger partial charge in [0.1, 0.15) is 0 Å². The highest BCUT2D eigenvalue weighted by atomic mass is 35.5. The Morgan fingerprint density at radius 1 is 1.10 bits per heavy atom. The molecule has 0 spiro atoms. The van der Waals surface area contributed by atoms with Gasteiger partial charge in [-0.2, -0.15) is 0 Å². The molecule has 110 valence electrons. The van der Waals surface area contributed by atoms with Crippen molar-refractivity contribution < 1.29 is 0 Å². The molecule has 3 rings (SSSR count). The average molecular weight is 301 g/mol. The lowest BCUT2D eigenvalue weighted by Gasteiger charge is -2.41. The lowest BCUT2D eigenvalue weighted by molar-refractivity contribution is 0.403. The summed E-state index contributed by atoms with van der Waals surface area (Å²) >= 11 is 6.37. The van der Waals surface area contributed by atoms with E-state index in [-0.39, 0.29) is 0 Å². The molecule has 1 aliphatic heterocycles. The van der Waals surface area contributed by atoms with Crippen LogP contribution < -0.4 is 10.2 Å². The molecule has 2 atom stereocenters. The Morgan fingerprint density at radius 3 is 2.57 bits per heavy atom. The van der Waals surface area contributed by atoms with Crippen LogP contribution in [-0.2, 0) is 6.42 Å². The van der Waals surface area contributed by atoms with Crippen molar-refractivity contribution in [3.05, 3.63) is 65.2 Å². The summed E-state index contributed by atoms with van der Waals surface area (Å²) in [5.74, 6) is 0. The van der Waals surface area contributed by atoms with E-state index in [0.717, 1.165) is 30.2 Å². The van der Waals surface area contributed by atoms with Crippen molar-refractivity contribution in [1.82, 2.24) is 5.32 Å². The second-order valence-corrected chi connectivity index (χ2v) is 6.15. The van der Waals surface area contributed by atoms with Gasteiger partial charge in [-0.25, -0.2) is 0 Å². The third-order valence-corrected chi connectivity index (χ3v) is 4.46. The lowest BCUT2D eigenvalue weighted by Crippen LogP contribution is -2.56. The number of halogens is 1. The van der Waals surface area contributed by atoms with Crippen molar-refractivity contribution in [2.24, 2.45) is 0 Å². The molecule has 1 saturated heterocycles. The van der Waals surface area contributed by atoms with Crippen LogP contribution in [0.15, 0.2) is 54.6 Å². The highest BCUT2D eigenvalue weighted by molar-refractivity contribution is 6.33.